The molecule has 0 aliphatic rings. The molecule has 0 atom stereocenters. The normalized spacial score (nSPS) is 11.4. The molecule has 104 valence electrons. The standard InChI is InChI=1S/C14H16N4O2/c1-3-20-14(19)11(8-15)13-5-4-10(9-16-13)12-6-7-18(2)17-12/h4-9H,3,15H2,1-2H3/b11-8+. The fourth-order valence-electron chi connectivity index (χ4n) is 1.74. The maximum absolute atomic E-state index is 11.7. The van der Waals surface area contributed by atoms with Crippen LogP contribution in [0.3, 0.4) is 0 Å². The van der Waals surface area contributed by atoms with Crippen LogP contribution in [0.2, 0.25) is 0 Å². The Hall–Kier alpha value is -2.63. The number of rotatable bonds is 4. The van der Waals surface area contributed by atoms with E-state index in [-0.39, 0.29) is 5.57 Å². The van der Waals surface area contributed by atoms with Crippen molar-refractivity contribution in [3.05, 3.63) is 42.5 Å². The van der Waals surface area contributed by atoms with E-state index in [9.17, 15) is 4.79 Å². The van der Waals surface area contributed by atoms with E-state index in [2.05, 4.69) is 10.1 Å². The maximum atomic E-state index is 11.7. The molecule has 0 bridgehead atoms. The van der Waals surface area contributed by atoms with Gasteiger partial charge in [0.25, 0.3) is 0 Å². The predicted octanol–water partition coefficient (Wildman–Crippen LogP) is 1.34. The first-order valence-electron chi connectivity index (χ1n) is 6.21. The number of nitrogens with zero attached hydrogens (tertiary/aromatic N) is 3. The average Bonchev–Trinajstić information content (AvgIpc) is 2.87. The van der Waals surface area contributed by atoms with Crippen molar-refractivity contribution >= 4 is 11.5 Å². The third-order valence-corrected chi connectivity index (χ3v) is 2.71. The Morgan fingerprint density at radius 2 is 2.25 bits per heavy atom. The first-order chi connectivity index (χ1) is 9.65. The van der Waals surface area contributed by atoms with Crippen LogP contribution in [0, 0.1) is 0 Å². The Morgan fingerprint density at radius 1 is 1.45 bits per heavy atom. The molecular weight excluding hydrogens is 256 g/mol. The topological polar surface area (TPSA) is 83.0 Å². The lowest BCUT2D eigenvalue weighted by Crippen LogP contribution is -2.09. The largest absolute Gasteiger partial charge is 0.462 e. The van der Waals surface area contributed by atoms with Gasteiger partial charge in [-0.15, -0.1) is 0 Å². The smallest absolute Gasteiger partial charge is 0.341 e. The van der Waals surface area contributed by atoms with Crippen molar-refractivity contribution in [3.63, 3.8) is 0 Å². The Morgan fingerprint density at radius 3 is 2.75 bits per heavy atom. The van der Waals surface area contributed by atoms with Crippen LogP contribution >= 0.6 is 0 Å². The molecule has 6 heteroatoms. The molecule has 20 heavy (non-hydrogen) atoms. The second-order valence-electron chi connectivity index (χ2n) is 4.11. The minimum absolute atomic E-state index is 0.249. The van der Waals surface area contributed by atoms with E-state index in [4.69, 9.17) is 10.5 Å². The van der Waals surface area contributed by atoms with Crippen LogP contribution in [-0.4, -0.2) is 27.3 Å². The van der Waals surface area contributed by atoms with Gasteiger partial charge in [-0.1, -0.05) is 0 Å². The van der Waals surface area contributed by atoms with E-state index in [1.54, 1.807) is 23.9 Å². The van der Waals surface area contributed by atoms with E-state index in [0.717, 1.165) is 11.3 Å². The molecule has 0 unspecified atom stereocenters. The number of aryl methyl sites for hydroxylation is 1. The van der Waals surface area contributed by atoms with Crippen molar-refractivity contribution in [3.8, 4) is 11.3 Å². The van der Waals surface area contributed by atoms with Gasteiger partial charge < -0.3 is 10.5 Å². The van der Waals surface area contributed by atoms with E-state index >= 15 is 0 Å². The number of carbonyl (C=O) groups is 1. The second-order valence-corrected chi connectivity index (χ2v) is 4.11. The molecule has 2 aromatic rings. The molecule has 0 aromatic carbocycles. The van der Waals surface area contributed by atoms with Crippen LogP contribution in [0.25, 0.3) is 16.8 Å². The number of nitrogens with two attached hydrogens (primary N) is 1. The van der Waals surface area contributed by atoms with Gasteiger partial charge in [0.1, 0.15) is 5.57 Å². The fourth-order valence-corrected chi connectivity index (χ4v) is 1.74. The third-order valence-electron chi connectivity index (χ3n) is 2.71. The number of pyridine rings is 1. The van der Waals surface area contributed by atoms with Gasteiger partial charge in [0, 0.05) is 31.2 Å². The Bertz CT molecular complexity index is 629. The zero-order valence-corrected chi connectivity index (χ0v) is 11.4. The highest BCUT2D eigenvalue weighted by Gasteiger charge is 2.14. The number of hydrogen-bond donors (Lipinski definition) is 1. The lowest BCUT2D eigenvalue weighted by Gasteiger charge is -2.06. The molecule has 2 rings (SSSR count). The van der Waals surface area contributed by atoms with Gasteiger partial charge in [0.15, 0.2) is 0 Å². The molecule has 2 N–H and O–H groups in total. The molecule has 0 saturated carbocycles. The van der Waals surface area contributed by atoms with E-state index in [0.29, 0.717) is 12.3 Å². The minimum atomic E-state index is -0.479. The summed E-state index contributed by atoms with van der Waals surface area (Å²) >= 11 is 0. The highest BCUT2D eigenvalue weighted by atomic mass is 16.5. The van der Waals surface area contributed by atoms with Crippen molar-refractivity contribution in [1.82, 2.24) is 14.8 Å². The van der Waals surface area contributed by atoms with Gasteiger partial charge in [0.2, 0.25) is 0 Å². The van der Waals surface area contributed by atoms with Crippen molar-refractivity contribution in [2.24, 2.45) is 12.8 Å². The molecule has 0 spiro atoms. The molecule has 6 nitrogen and oxygen atoms in total. The molecule has 0 aliphatic carbocycles. The summed E-state index contributed by atoms with van der Waals surface area (Å²) in [6, 6.07) is 5.45. The van der Waals surface area contributed by atoms with E-state index < -0.39 is 5.97 Å². The van der Waals surface area contributed by atoms with Gasteiger partial charge >= 0.3 is 5.97 Å². The minimum Gasteiger partial charge on any atom is -0.462 e. The summed E-state index contributed by atoms with van der Waals surface area (Å²) in [5, 5.41) is 4.29. The van der Waals surface area contributed by atoms with Crippen LogP contribution in [0.1, 0.15) is 12.6 Å². The number of ether oxygens (including phenoxy) is 1. The van der Waals surface area contributed by atoms with Crippen molar-refractivity contribution in [2.45, 2.75) is 6.92 Å². The third kappa shape index (κ3) is 2.85. The number of esters is 1. The van der Waals surface area contributed by atoms with E-state index in [1.165, 1.54) is 6.20 Å². The first kappa shape index (κ1) is 13.8. The van der Waals surface area contributed by atoms with Gasteiger partial charge in [-0.2, -0.15) is 5.10 Å². The Balaban J connectivity index is 2.25. The lowest BCUT2D eigenvalue weighted by molar-refractivity contribution is -0.136. The zero-order valence-electron chi connectivity index (χ0n) is 11.4. The first-order valence-corrected chi connectivity index (χ1v) is 6.21. The van der Waals surface area contributed by atoms with Crippen LogP contribution in [-0.2, 0) is 16.6 Å². The summed E-state index contributed by atoms with van der Waals surface area (Å²) in [7, 11) is 1.85. The summed E-state index contributed by atoms with van der Waals surface area (Å²) in [6.07, 6.45) is 4.72. The SMILES string of the molecule is CCOC(=O)/C(=C/N)c1ccc(-c2ccn(C)n2)cn1. The van der Waals surface area contributed by atoms with Gasteiger partial charge in [-0.05, 0) is 25.1 Å². The molecule has 2 heterocycles. The molecule has 2 aromatic heterocycles. The van der Waals surface area contributed by atoms with Gasteiger partial charge in [-0.3, -0.25) is 9.67 Å². The molecule has 0 aliphatic heterocycles. The van der Waals surface area contributed by atoms with Crippen LogP contribution in [0.4, 0.5) is 0 Å². The van der Waals surface area contributed by atoms with E-state index in [1.807, 2.05) is 25.4 Å². The maximum Gasteiger partial charge on any atom is 0.341 e. The lowest BCUT2D eigenvalue weighted by atomic mass is 10.1. The molecule has 0 radical (unpaired) electrons. The summed E-state index contributed by atoms with van der Waals surface area (Å²) in [5.74, 6) is -0.479. The Labute approximate surface area is 116 Å². The number of carbonyl (C=O) groups excluding carboxylic acids is 1. The van der Waals surface area contributed by atoms with Crippen molar-refractivity contribution < 1.29 is 9.53 Å². The average molecular weight is 272 g/mol. The Kier molecular flexibility index (Phi) is 4.14. The van der Waals surface area contributed by atoms with Crippen molar-refractivity contribution in [2.75, 3.05) is 6.61 Å². The van der Waals surface area contributed by atoms with Crippen LogP contribution < -0.4 is 5.73 Å². The van der Waals surface area contributed by atoms with Gasteiger partial charge in [-0.25, -0.2) is 4.79 Å². The molecular formula is C14H16N4O2. The molecule has 0 amide bonds. The predicted molar refractivity (Wildman–Crippen MR) is 75.2 cm³/mol. The number of aromatic nitrogens is 3. The fraction of sp³-hybridized carbons (Fsp3) is 0.214. The molecule has 0 saturated heterocycles. The monoisotopic (exact) mass is 272 g/mol. The number of hydrogen-bond acceptors (Lipinski definition) is 5. The summed E-state index contributed by atoms with van der Waals surface area (Å²) in [4.78, 5) is 15.9. The summed E-state index contributed by atoms with van der Waals surface area (Å²) < 4.78 is 6.64. The zero-order chi connectivity index (χ0) is 14.5. The summed E-state index contributed by atoms with van der Waals surface area (Å²) in [5.41, 5.74) is 7.89. The highest BCUT2D eigenvalue weighted by molar-refractivity contribution is 6.15. The van der Waals surface area contributed by atoms with Crippen LogP contribution in [0.5, 0.6) is 0 Å². The van der Waals surface area contributed by atoms with Crippen molar-refractivity contribution in [1.29, 1.82) is 0 Å². The quantitative estimate of drug-likeness (QED) is 0.671. The molecule has 0 fully saturated rings. The van der Waals surface area contributed by atoms with Crippen LogP contribution in [0.15, 0.2) is 36.8 Å². The highest BCUT2D eigenvalue weighted by Crippen LogP contribution is 2.19. The second kappa shape index (κ2) is 6.01. The van der Waals surface area contributed by atoms with Gasteiger partial charge in [0.05, 0.1) is 18.0 Å². The summed E-state index contributed by atoms with van der Waals surface area (Å²) in [6.45, 7) is 2.03.